The highest BCUT2D eigenvalue weighted by molar-refractivity contribution is 5.28. The average molecular weight is 459 g/mol. The average Bonchev–Trinajstić information content (AvgIpc) is 2.80. The summed E-state index contributed by atoms with van der Waals surface area (Å²) in [5.41, 5.74) is 0.508. The van der Waals surface area contributed by atoms with E-state index in [9.17, 15) is 8.78 Å². The minimum Gasteiger partial charge on any atom is -0.498 e. The molecule has 1 aliphatic heterocycles. The van der Waals surface area contributed by atoms with Gasteiger partial charge in [0.2, 0.25) is 0 Å². The summed E-state index contributed by atoms with van der Waals surface area (Å²) in [4.78, 5) is 0. The lowest BCUT2D eigenvalue weighted by atomic mass is 9.90. The lowest BCUT2D eigenvalue weighted by Gasteiger charge is -2.29. The summed E-state index contributed by atoms with van der Waals surface area (Å²) >= 11 is 0. The molecular weight excluding hydrogens is 410 g/mol. The Morgan fingerprint density at radius 1 is 1.12 bits per heavy atom. The zero-order valence-electron chi connectivity index (χ0n) is 21.6. The fourth-order valence-electron chi connectivity index (χ4n) is 3.66. The molecule has 5 heteroatoms. The molecule has 188 valence electrons. The SMILES string of the molecule is C=CCCC1CCC(OCC(C)CCC(C)/C(CC)=C(F)/C(F)=C(\C)OC)OC1.CCC. The van der Waals surface area contributed by atoms with Crippen molar-refractivity contribution in [1.29, 1.82) is 0 Å². The third-order valence-corrected chi connectivity index (χ3v) is 5.83. The molecule has 0 N–H and O–H groups in total. The number of hydrogen-bond acceptors (Lipinski definition) is 3. The van der Waals surface area contributed by atoms with E-state index < -0.39 is 11.7 Å². The van der Waals surface area contributed by atoms with Gasteiger partial charge in [-0.2, -0.15) is 0 Å². The molecule has 1 heterocycles. The van der Waals surface area contributed by atoms with Gasteiger partial charge in [-0.05, 0) is 75.2 Å². The van der Waals surface area contributed by atoms with Crippen LogP contribution in [0.3, 0.4) is 0 Å². The van der Waals surface area contributed by atoms with Crippen LogP contribution in [0.4, 0.5) is 8.78 Å². The fourth-order valence-corrected chi connectivity index (χ4v) is 3.66. The highest BCUT2D eigenvalue weighted by Gasteiger charge is 2.23. The molecule has 0 saturated carbocycles. The molecule has 3 nitrogen and oxygen atoms in total. The van der Waals surface area contributed by atoms with E-state index in [1.807, 2.05) is 19.9 Å². The van der Waals surface area contributed by atoms with Crippen molar-refractivity contribution in [2.45, 2.75) is 99.2 Å². The minimum absolute atomic E-state index is 0.0263. The van der Waals surface area contributed by atoms with Gasteiger partial charge in [0, 0.05) is 0 Å². The number of rotatable bonds is 13. The van der Waals surface area contributed by atoms with Crippen LogP contribution in [0.15, 0.2) is 35.6 Å². The van der Waals surface area contributed by atoms with Gasteiger partial charge in [0.15, 0.2) is 17.9 Å². The molecular formula is C27H48F2O3. The van der Waals surface area contributed by atoms with Crippen molar-refractivity contribution in [3.05, 3.63) is 35.6 Å². The summed E-state index contributed by atoms with van der Waals surface area (Å²) in [5, 5.41) is 0. The van der Waals surface area contributed by atoms with E-state index in [4.69, 9.17) is 14.2 Å². The Labute approximate surface area is 196 Å². The van der Waals surface area contributed by atoms with E-state index in [0.717, 1.165) is 45.1 Å². The van der Waals surface area contributed by atoms with E-state index in [0.29, 0.717) is 30.4 Å². The van der Waals surface area contributed by atoms with Crippen LogP contribution < -0.4 is 0 Å². The quantitative estimate of drug-likeness (QED) is 0.157. The summed E-state index contributed by atoms with van der Waals surface area (Å²) in [6.07, 6.45) is 9.48. The van der Waals surface area contributed by atoms with Gasteiger partial charge in [-0.25, -0.2) is 8.78 Å². The summed E-state index contributed by atoms with van der Waals surface area (Å²) in [5.74, 6) is -0.785. The zero-order chi connectivity index (χ0) is 24.5. The molecule has 0 spiro atoms. The highest BCUT2D eigenvalue weighted by atomic mass is 19.2. The molecule has 4 unspecified atom stereocenters. The number of hydrogen-bond donors (Lipinski definition) is 0. The molecule has 0 aromatic heterocycles. The van der Waals surface area contributed by atoms with Gasteiger partial charge in [-0.1, -0.05) is 47.1 Å². The molecule has 0 aliphatic carbocycles. The van der Waals surface area contributed by atoms with E-state index in [1.54, 1.807) is 0 Å². The van der Waals surface area contributed by atoms with Crippen LogP contribution in [0.2, 0.25) is 0 Å². The molecule has 0 aromatic carbocycles. The molecule has 32 heavy (non-hydrogen) atoms. The lowest BCUT2D eigenvalue weighted by Crippen LogP contribution is -2.29. The van der Waals surface area contributed by atoms with Gasteiger partial charge in [-0.3, -0.25) is 0 Å². The third-order valence-electron chi connectivity index (χ3n) is 5.83. The van der Waals surface area contributed by atoms with Crippen molar-refractivity contribution in [1.82, 2.24) is 0 Å². The fraction of sp³-hybridized carbons (Fsp3) is 0.778. The first-order chi connectivity index (χ1) is 15.2. The van der Waals surface area contributed by atoms with Gasteiger partial charge < -0.3 is 14.2 Å². The second-order valence-corrected chi connectivity index (χ2v) is 8.96. The molecule has 1 fully saturated rings. The van der Waals surface area contributed by atoms with Crippen molar-refractivity contribution < 1.29 is 23.0 Å². The van der Waals surface area contributed by atoms with Crippen molar-refractivity contribution in [3.63, 3.8) is 0 Å². The first-order valence-electron chi connectivity index (χ1n) is 12.4. The van der Waals surface area contributed by atoms with Crippen molar-refractivity contribution in [2.24, 2.45) is 17.8 Å². The first kappa shape index (κ1) is 30.8. The van der Waals surface area contributed by atoms with Gasteiger partial charge >= 0.3 is 0 Å². The number of allylic oxidation sites excluding steroid dienone is 5. The van der Waals surface area contributed by atoms with Crippen LogP contribution in [0.25, 0.3) is 0 Å². The van der Waals surface area contributed by atoms with Crippen molar-refractivity contribution in [2.75, 3.05) is 20.3 Å². The standard InChI is InChI=1S/C24H40F2O3.C3H8/c1-7-9-10-20-13-14-22(29-16-20)28-15-17(3)11-12-18(4)21(8-2)24(26)23(25)19(5)27-6;1-3-2/h7,17-18,20,22H,1,8-16H2,2-6H3;3H2,1-2H3/b23-19-,24-21-;. The normalized spacial score (nSPS) is 22.0. The molecule has 0 aromatic rings. The first-order valence-corrected chi connectivity index (χ1v) is 12.4. The van der Waals surface area contributed by atoms with E-state index in [1.165, 1.54) is 20.5 Å². The second-order valence-electron chi connectivity index (χ2n) is 8.96. The van der Waals surface area contributed by atoms with Crippen LogP contribution in [0, 0.1) is 17.8 Å². The maximum absolute atomic E-state index is 14.5. The topological polar surface area (TPSA) is 27.7 Å². The Hall–Kier alpha value is -1.20. The largest absolute Gasteiger partial charge is 0.498 e. The Kier molecular flexibility index (Phi) is 17.6. The number of halogens is 2. The molecule has 1 saturated heterocycles. The maximum atomic E-state index is 14.5. The Bertz CT molecular complexity index is 563. The maximum Gasteiger partial charge on any atom is 0.195 e. The molecule has 1 rings (SSSR count). The van der Waals surface area contributed by atoms with Gasteiger partial charge in [0.05, 0.1) is 20.3 Å². The third kappa shape index (κ3) is 12.2. The predicted octanol–water partition coefficient (Wildman–Crippen LogP) is 8.67. The second kappa shape index (κ2) is 18.3. The summed E-state index contributed by atoms with van der Waals surface area (Å²) in [7, 11) is 1.34. The summed E-state index contributed by atoms with van der Waals surface area (Å²) < 4.78 is 45.2. The Morgan fingerprint density at radius 3 is 2.28 bits per heavy atom. The van der Waals surface area contributed by atoms with E-state index in [2.05, 4.69) is 27.4 Å². The lowest BCUT2D eigenvalue weighted by molar-refractivity contribution is -0.181. The monoisotopic (exact) mass is 458 g/mol. The van der Waals surface area contributed by atoms with Crippen molar-refractivity contribution in [3.8, 4) is 0 Å². The molecule has 0 amide bonds. The minimum atomic E-state index is -0.895. The Balaban J connectivity index is 0.00000302. The van der Waals surface area contributed by atoms with Crippen LogP contribution in [0.1, 0.15) is 92.9 Å². The van der Waals surface area contributed by atoms with Crippen LogP contribution >= 0.6 is 0 Å². The molecule has 4 atom stereocenters. The van der Waals surface area contributed by atoms with Gasteiger partial charge in [0.1, 0.15) is 5.76 Å². The summed E-state index contributed by atoms with van der Waals surface area (Å²) in [6, 6.07) is 0. The zero-order valence-corrected chi connectivity index (χ0v) is 21.6. The highest BCUT2D eigenvalue weighted by Crippen LogP contribution is 2.31. The van der Waals surface area contributed by atoms with E-state index >= 15 is 0 Å². The molecule has 0 bridgehead atoms. The Morgan fingerprint density at radius 2 is 1.78 bits per heavy atom. The van der Waals surface area contributed by atoms with Gasteiger partial charge in [-0.15, -0.1) is 6.58 Å². The van der Waals surface area contributed by atoms with E-state index in [-0.39, 0.29) is 18.0 Å². The van der Waals surface area contributed by atoms with Gasteiger partial charge in [0.25, 0.3) is 0 Å². The predicted molar refractivity (Wildman–Crippen MR) is 131 cm³/mol. The summed E-state index contributed by atoms with van der Waals surface area (Å²) in [6.45, 7) is 16.8. The molecule has 1 aliphatic rings. The van der Waals surface area contributed by atoms with Crippen LogP contribution in [-0.4, -0.2) is 26.6 Å². The number of methoxy groups -OCH3 is 1. The van der Waals surface area contributed by atoms with Crippen molar-refractivity contribution >= 4 is 0 Å². The van der Waals surface area contributed by atoms with Crippen LogP contribution in [0.5, 0.6) is 0 Å². The van der Waals surface area contributed by atoms with Crippen LogP contribution in [-0.2, 0) is 14.2 Å². The number of ether oxygens (including phenoxy) is 3. The molecule has 0 radical (unpaired) electrons. The smallest absolute Gasteiger partial charge is 0.195 e.